The van der Waals surface area contributed by atoms with Crippen LogP contribution in [0.25, 0.3) is 6.08 Å². The van der Waals surface area contributed by atoms with Crippen molar-refractivity contribution in [3.8, 4) is 5.75 Å². The highest BCUT2D eigenvalue weighted by molar-refractivity contribution is 8.13. The second kappa shape index (κ2) is 6.38. The normalized spacial score (nSPS) is 10.9. The fraction of sp³-hybridized carbons (Fsp3) is 0.308. The smallest absolute Gasteiger partial charge is 0.185 e. The van der Waals surface area contributed by atoms with Gasteiger partial charge in [0.05, 0.1) is 0 Å². The van der Waals surface area contributed by atoms with Gasteiger partial charge in [-0.15, -0.1) is 0 Å². The predicted molar refractivity (Wildman–Crippen MR) is 69.6 cm³/mol. The van der Waals surface area contributed by atoms with Gasteiger partial charge < -0.3 is 5.11 Å². The van der Waals surface area contributed by atoms with Crippen molar-refractivity contribution >= 4 is 23.0 Å². The van der Waals surface area contributed by atoms with Crippen molar-refractivity contribution in [3.63, 3.8) is 0 Å². The highest BCUT2D eigenvalue weighted by atomic mass is 32.2. The van der Waals surface area contributed by atoms with E-state index >= 15 is 0 Å². The summed E-state index contributed by atoms with van der Waals surface area (Å²) in [5.41, 5.74) is 1.91. The summed E-state index contributed by atoms with van der Waals surface area (Å²) in [5.74, 6) is 1.09. The molecule has 0 bridgehead atoms. The first-order valence-corrected chi connectivity index (χ1v) is 6.18. The molecule has 86 valence electrons. The van der Waals surface area contributed by atoms with Crippen molar-refractivity contribution in [1.82, 2.24) is 0 Å². The van der Waals surface area contributed by atoms with Crippen molar-refractivity contribution in [2.24, 2.45) is 0 Å². The molecule has 0 aliphatic rings. The predicted octanol–water partition coefficient (Wildman–Crippen LogP) is 3.38. The molecule has 0 spiro atoms. The van der Waals surface area contributed by atoms with Gasteiger partial charge in [-0.25, -0.2) is 0 Å². The highest BCUT2D eigenvalue weighted by Gasteiger charge is 1.99. The molecule has 0 radical (unpaired) electrons. The molecule has 1 aromatic carbocycles. The lowest BCUT2D eigenvalue weighted by Gasteiger charge is -2.02. The van der Waals surface area contributed by atoms with E-state index < -0.39 is 0 Å². The molecule has 0 saturated heterocycles. The summed E-state index contributed by atoms with van der Waals surface area (Å²) in [6.45, 7) is 3.53. The van der Waals surface area contributed by atoms with Crippen LogP contribution in [-0.2, 0) is 4.79 Å². The number of benzene rings is 1. The third-order valence-corrected chi connectivity index (χ3v) is 3.02. The maximum absolute atomic E-state index is 10.7. The van der Waals surface area contributed by atoms with E-state index in [1.165, 1.54) is 11.8 Å². The van der Waals surface area contributed by atoms with E-state index in [1.54, 1.807) is 13.0 Å². The lowest BCUT2D eigenvalue weighted by molar-refractivity contribution is -0.109. The van der Waals surface area contributed by atoms with Crippen LogP contribution >= 0.6 is 11.8 Å². The molecule has 1 aromatic rings. The van der Waals surface area contributed by atoms with E-state index in [2.05, 4.69) is 0 Å². The standard InChI is InChI=1S/C13H16O2S/c1-10-6-5-8-13(15)12(10)7-3-4-9-16-11(2)14/h3,5-8,15H,4,9H2,1-2H3. The molecule has 0 saturated carbocycles. The van der Waals surface area contributed by atoms with Gasteiger partial charge in [0.25, 0.3) is 0 Å². The van der Waals surface area contributed by atoms with Crippen molar-refractivity contribution in [3.05, 3.63) is 35.4 Å². The number of aryl methyl sites for hydroxylation is 1. The lowest BCUT2D eigenvalue weighted by atomic mass is 10.1. The lowest BCUT2D eigenvalue weighted by Crippen LogP contribution is -1.84. The number of hydrogen-bond donors (Lipinski definition) is 1. The second-order valence-electron chi connectivity index (χ2n) is 3.54. The number of carbonyl (C=O) groups is 1. The van der Waals surface area contributed by atoms with Gasteiger partial charge in [-0.2, -0.15) is 0 Å². The first-order valence-electron chi connectivity index (χ1n) is 5.19. The number of phenols is 1. The number of rotatable bonds is 4. The van der Waals surface area contributed by atoms with Crippen LogP contribution in [-0.4, -0.2) is 16.0 Å². The van der Waals surface area contributed by atoms with Crippen LogP contribution in [0.2, 0.25) is 0 Å². The molecule has 2 nitrogen and oxygen atoms in total. The Labute approximate surface area is 100 Å². The minimum Gasteiger partial charge on any atom is -0.507 e. The Morgan fingerprint density at radius 1 is 1.50 bits per heavy atom. The zero-order valence-electron chi connectivity index (χ0n) is 9.56. The minimum atomic E-state index is 0.145. The average Bonchev–Trinajstić information content (AvgIpc) is 2.21. The molecule has 0 aliphatic carbocycles. The molecule has 0 aliphatic heterocycles. The monoisotopic (exact) mass is 236 g/mol. The summed E-state index contributed by atoms with van der Waals surface area (Å²) < 4.78 is 0. The molecule has 0 atom stereocenters. The maximum Gasteiger partial charge on any atom is 0.185 e. The van der Waals surface area contributed by atoms with Crippen molar-refractivity contribution in [2.45, 2.75) is 20.3 Å². The van der Waals surface area contributed by atoms with Gasteiger partial charge in [0.15, 0.2) is 5.12 Å². The van der Waals surface area contributed by atoms with Crippen LogP contribution in [0.5, 0.6) is 5.75 Å². The second-order valence-corrected chi connectivity index (χ2v) is 4.81. The van der Waals surface area contributed by atoms with Crippen molar-refractivity contribution in [2.75, 3.05) is 5.75 Å². The molecular formula is C13H16O2S. The molecule has 1 rings (SSSR count). The number of thioether (sulfide) groups is 1. The number of allylic oxidation sites excluding steroid dienone is 1. The minimum absolute atomic E-state index is 0.145. The van der Waals surface area contributed by atoms with Crippen LogP contribution < -0.4 is 0 Å². The summed E-state index contributed by atoms with van der Waals surface area (Å²) >= 11 is 1.32. The first kappa shape index (κ1) is 12.8. The quantitative estimate of drug-likeness (QED) is 0.814. The maximum atomic E-state index is 10.7. The van der Waals surface area contributed by atoms with Crippen LogP contribution in [0.15, 0.2) is 24.3 Å². The Kier molecular flexibility index (Phi) is 5.12. The third-order valence-electron chi connectivity index (χ3n) is 2.18. The molecule has 0 heterocycles. The molecule has 0 fully saturated rings. The Hall–Kier alpha value is -1.22. The van der Waals surface area contributed by atoms with Crippen molar-refractivity contribution in [1.29, 1.82) is 0 Å². The van der Waals surface area contributed by atoms with Crippen LogP contribution in [0, 0.1) is 6.92 Å². The van der Waals surface area contributed by atoms with Crippen LogP contribution in [0.3, 0.4) is 0 Å². The highest BCUT2D eigenvalue weighted by Crippen LogP contribution is 2.22. The third kappa shape index (κ3) is 4.11. The van der Waals surface area contributed by atoms with E-state index in [4.69, 9.17) is 0 Å². The zero-order valence-corrected chi connectivity index (χ0v) is 10.4. The molecule has 0 unspecified atom stereocenters. The summed E-state index contributed by atoms with van der Waals surface area (Å²) in [6, 6.07) is 5.47. The van der Waals surface area contributed by atoms with Gasteiger partial charge >= 0.3 is 0 Å². The van der Waals surface area contributed by atoms with Gasteiger partial charge in [-0.3, -0.25) is 4.79 Å². The fourth-order valence-corrected chi connectivity index (χ4v) is 1.90. The fourth-order valence-electron chi connectivity index (χ4n) is 1.35. The summed E-state index contributed by atoms with van der Waals surface area (Å²) in [7, 11) is 0. The Balaban J connectivity index is 2.53. The summed E-state index contributed by atoms with van der Waals surface area (Å²) in [4.78, 5) is 10.7. The number of aromatic hydroxyl groups is 1. The van der Waals surface area contributed by atoms with Gasteiger partial charge in [-0.1, -0.05) is 36.0 Å². The van der Waals surface area contributed by atoms with E-state index in [0.717, 1.165) is 23.3 Å². The van der Waals surface area contributed by atoms with Crippen LogP contribution in [0.4, 0.5) is 0 Å². The summed E-state index contributed by atoms with van der Waals surface area (Å²) in [5, 5.41) is 9.77. The Bertz CT molecular complexity index is 377. The molecule has 1 N–H and O–H groups in total. The average molecular weight is 236 g/mol. The van der Waals surface area contributed by atoms with Crippen molar-refractivity contribution < 1.29 is 9.90 Å². The Morgan fingerprint density at radius 3 is 2.88 bits per heavy atom. The largest absolute Gasteiger partial charge is 0.507 e. The molecule has 3 heteroatoms. The van der Waals surface area contributed by atoms with Gasteiger partial charge in [0.2, 0.25) is 0 Å². The van der Waals surface area contributed by atoms with E-state index in [9.17, 15) is 9.90 Å². The van der Waals surface area contributed by atoms with E-state index in [-0.39, 0.29) is 5.12 Å². The van der Waals surface area contributed by atoms with Gasteiger partial charge in [0, 0.05) is 18.2 Å². The van der Waals surface area contributed by atoms with E-state index in [0.29, 0.717) is 5.75 Å². The van der Waals surface area contributed by atoms with Crippen LogP contribution in [0.1, 0.15) is 24.5 Å². The Morgan fingerprint density at radius 2 is 2.25 bits per heavy atom. The molecular weight excluding hydrogens is 220 g/mol. The molecule has 0 amide bonds. The van der Waals surface area contributed by atoms with E-state index in [1.807, 2.05) is 31.2 Å². The number of carbonyl (C=O) groups excluding carboxylic acids is 1. The number of phenolic OH excluding ortho intramolecular Hbond substituents is 1. The number of hydrogen-bond acceptors (Lipinski definition) is 3. The summed E-state index contributed by atoms with van der Waals surface area (Å²) in [6.07, 6.45) is 4.72. The van der Waals surface area contributed by atoms with Gasteiger partial charge in [-0.05, 0) is 25.0 Å². The zero-order chi connectivity index (χ0) is 12.0. The van der Waals surface area contributed by atoms with Gasteiger partial charge in [0.1, 0.15) is 5.75 Å². The topological polar surface area (TPSA) is 37.3 Å². The molecule has 0 aromatic heterocycles. The molecule has 16 heavy (non-hydrogen) atoms. The first-order chi connectivity index (χ1) is 7.61. The SMILES string of the molecule is CC(=O)SCCC=Cc1c(C)cccc1O.